The van der Waals surface area contributed by atoms with Crippen molar-refractivity contribution in [3.8, 4) is 0 Å². The second-order valence-corrected chi connectivity index (χ2v) is 6.08. The predicted molar refractivity (Wildman–Crippen MR) is 61.1 cm³/mol. The second kappa shape index (κ2) is 3.07. The summed E-state index contributed by atoms with van der Waals surface area (Å²) in [6, 6.07) is 2.13. The first kappa shape index (κ1) is 9.69. The van der Waals surface area contributed by atoms with E-state index in [1.165, 1.54) is 9.35 Å². The number of halogens is 1. The van der Waals surface area contributed by atoms with E-state index in [0.29, 0.717) is 17.3 Å². The standard InChI is InChI=1S/C10H14BrNS/c1-10(2)6(5-12)8(10)9-7(11)3-4-13-9/h3-4,6,8H,5,12H2,1-2H3. The molecule has 0 aliphatic heterocycles. The van der Waals surface area contributed by atoms with Crippen molar-refractivity contribution in [3.63, 3.8) is 0 Å². The molecule has 0 bridgehead atoms. The molecule has 1 aromatic heterocycles. The van der Waals surface area contributed by atoms with Crippen molar-refractivity contribution in [1.29, 1.82) is 0 Å². The highest BCUT2D eigenvalue weighted by Gasteiger charge is 2.58. The normalized spacial score (nSPS) is 30.5. The van der Waals surface area contributed by atoms with Crippen LogP contribution in [0.2, 0.25) is 0 Å². The molecule has 2 N–H and O–H groups in total. The Bertz CT molecular complexity index is 318. The van der Waals surface area contributed by atoms with Gasteiger partial charge in [-0.05, 0) is 45.3 Å². The number of nitrogens with two attached hydrogens (primary N) is 1. The molecule has 1 aliphatic rings. The molecule has 2 atom stereocenters. The van der Waals surface area contributed by atoms with E-state index in [2.05, 4.69) is 41.2 Å². The molecular formula is C10H14BrNS. The van der Waals surface area contributed by atoms with E-state index < -0.39 is 0 Å². The van der Waals surface area contributed by atoms with Gasteiger partial charge in [0.25, 0.3) is 0 Å². The lowest BCUT2D eigenvalue weighted by Crippen LogP contribution is -2.05. The van der Waals surface area contributed by atoms with Crippen molar-refractivity contribution in [2.24, 2.45) is 17.1 Å². The van der Waals surface area contributed by atoms with Gasteiger partial charge in [0.2, 0.25) is 0 Å². The van der Waals surface area contributed by atoms with Crippen molar-refractivity contribution in [3.05, 3.63) is 20.8 Å². The van der Waals surface area contributed by atoms with E-state index in [4.69, 9.17) is 5.73 Å². The van der Waals surface area contributed by atoms with Gasteiger partial charge < -0.3 is 5.73 Å². The fourth-order valence-electron chi connectivity index (χ4n) is 2.23. The van der Waals surface area contributed by atoms with Gasteiger partial charge >= 0.3 is 0 Å². The van der Waals surface area contributed by atoms with Gasteiger partial charge in [-0.15, -0.1) is 11.3 Å². The summed E-state index contributed by atoms with van der Waals surface area (Å²) in [6.45, 7) is 5.42. The maximum absolute atomic E-state index is 5.75. The van der Waals surface area contributed by atoms with E-state index in [1.54, 1.807) is 0 Å². The molecule has 1 nitrogen and oxygen atoms in total. The van der Waals surface area contributed by atoms with Gasteiger partial charge in [0.05, 0.1) is 0 Å². The third kappa shape index (κ3) is 1.37. The highest BCUT2D eigenvalue weighted by Crippen LogP contribution is 2.65. The van der Waals surface area contributed by atoms with Crippen LogP contribution in [0.1, 0.15) is 24.6 Å². The number of hydrogen-bond donors (Lipinski definition) is 1. The Kier molecular flexibility index (Phi) is 2.29. The molecule has 0 aromatic carbocycles. The van der Waals surface area contributed by atoms with Gasteiger partial charge in [-0.25, -0.2) is 0 Å². The van der Waals surface area contributed by atoms with Crippen molar-refractivity contribution in [1.82, 2.24) is 0 Å². The lowest BCUT2D eigenvalue weighted by Gasteiger charge is -2.00. The molecule has 2 unspecified atom stereocenters. The summed E-state index contributed by atoms with van der Waals surface area (Å²) in [5.41, 5.74) is 6.15. The minimum absolute atomic E-state index is 0.405. The fourth-order valence-corrected chi connectivity index (χ4v) is 4.21. The average Bonchev–Trinajstić information content (AvgIpc) is 2.41. The molecule has 1 heterocycles. The summed E-state index contributed by atoms with van der Waals surface area (Å²) in [4.78, 5) is 1.47. The smallest absolute Gasteiger partial charge is 0.0317 e. The summed E-state index contributed by atoms with van der Waals surface area (Å²) < 4.78 is 1.26. The van der Waals surface area contributed by atoms with E-state index in [-0.39, 0.29) is 0 Å². The van der Waals surface area contributed by atoms with Crippen LogP contribution in [0.4, 0.5) is 0 Å². The van der Waals surface area contributed by atoms with E-state index >= 15 is 0 Å². The molecule has 2 rings (SSSR count). The third-order valence-corrected chi connectivity index (χ3v) is 5.19. The molecule has 72 valence electrons. The summed E-state index contributed by atoms with van der Waals surface area (Å²) in [6.07, 6.45) is 0. The number of rotatable bonds is 2. The Labute approximate surface area is 91.5 Å². The van der Waals surface area contributed by atoms with Crippen LogP contribution in [0, 0.1) is 11.3 Å². The molecule has 1 saturated carbocycles. The van der Waals surface area contributed by atoms with Crippen LogP contribution in [0.3, 0.4) is 0 Å². The van der Waals surface area contributed by atoms with Gasteiger partial charge in [0.1, 0.15) is 0 Å². The molecule has 13 heavy (non-hydrogen) atoms. The van der Waals surface area contributed by atoms with Crippen LogP contribution in [0.15, 0.2) is 15.9 Å². The Hall–Kier alpha value is 0.140. The van der Waals surface area contributed by atoms with E-state index in [9.17, 15) is 0 Å². The number of hydrogen-bond acceptors (Lipinski definition) is 2. The lowest BCUT2D eigenvalue weighted by atomic mass is 10.1. The molecule has 1 aliphatic carbocycles. The minimum Gasteiger partial charge on any atom is -0.330 e. The maximum atomic E-state index is 5.75. The Balaban J connectivity index is 2.26. The highest BCUT2D eigenvalue weighted by molar-refractivity contribution is 9.10. The zero-order valence-corrected chi connectivity index (χ0v) is 10.3. The largest absolute Gasteiger partial charge is 0.330 e. The fraction of sp³-hybridized carbons (Fsp3) is 0.600. The molecule has 0 spiro atoms. The SMILES string of the molecule is CC1(C)C(CN)C1c1sccc1Br. The Morgan fingerprint density at radius 2 is 2.31 bits per heavy atom. The van der Waals surface area contributed by atoms with Crippen molar-refractivity contribution in [2.75, 3.05) is 6.54 Å². The minimum atomic E-state index is 0.405. The zero-order chi connectivity index (χ0) is 9.64. The van der Waals surface area contributed by atoms with Crippen LogP contribution in [-0.2, 0) is 0 Å². The van der Waals surface area contributed by atoms with Gasteiger partial charge in [-0.1, -0.05) is 13.8 Å². The highest BCUT2D eigenvalue weighted by atomic mass is 79.9. The molecular weight excluding hydrogens is 246 g/mol. The van der Waals surface area contributed by atoms with Crippen LogP contribution < -0.4 is 5.73 Å². The topological polar surface area (TPSA) is 26.0 Å². The van der Waals surface area contributed by atoms with Crippen LogP contribution in [0.5, 0.6) is 0 Å². The summed E-state index contributed by atoms with van der Waals surface area (Å²) in [5.74, 6) is 1.34. The van der Waals surface area contributed by atoms with Crippen molar-refractivity contribution >= 4 is 27.3 Å². The molecule has 0 saturated heterocycles. The van der Waals surface area contributed by atoms with Crippen molar-refractivity contribution in [2.45, 2.75) is 19.8 Å². The number of thiophene rings is 1. The predicted octanol–water partition coefficient (Wildman–Crippen LogP) is 3.21. The van der Waals surface area contributed by atoms with Gasteiger partial charge in [0, 0.05) is 15.3 Å². The van der Waals surface area contributed by atoms with Gasteiger partial charge in [-0.2, -0.15) is 0 Å². The third-order valence-electron chi connectivity index (χ3n) is 3.23. The molecule has 0 radical (unpaired) electrons. The van der Waals surface area contributed by atoms with Gasteiger partial charge in [0.15, 0.2) is 0 Å². The first-order valence-electron chi connectivity index (χ1n) is 4.52. The quantitative estimate of drug-likeness (QED) is 0.868. The first-order chi connectivity index (χ1) is 6.09. The molecule has 1 aromatic rings. The second-order valence-electron chi connectivity index (χ2n) is 4.27. The summed E-state index contributed by atoms with van der Waals surface area (Å²) in [5, 5.41) is 2.14. The average molecular weight is 260 g/mol. The maximum Gasteiger partial charge on any atom is 0.0317 e. The summed E-state index contributed by atoms with van der Waals surface area (Å²) in [7, 11) is 0. The first-order valence-corrected chi connectivity index (χ1v) is 6.19. The van der Waals surface area contributed by atoms with E-state index in [1.807, 2.05) is 11.3 Å². The molecule has 3 heteroatoms. The van der Waals surface area contributed by atoms with Crippen molar-refractivity contribution < 1.29 is 0 Å². The van der Waals surface area contributed by atoms with E-state index in [0.717, 1.165) is 6.54 Å². The molecule has 0 amide bonds. The van der Waals surface area contributed by atoms with Crippen LogP contribution >= 0.6 is 27.3 Å². The van der Waals surface area contributed by atoms with Crippen LogP contribution in [-0.4, -0.2) is 6.54 Å². The molecule has 1 fully saturated rings. The van der Waals surface area contributed by atoms with Gasteiger partial charge in [-0.3, -0.25) is 0 Å². The summed E-state index contributed by atoms with van der Waals surface area (Å²) >= 11 is 5.42. The Morgan fingerprint density at radius 1 is 1.62 bits per heavy atom. The van der Waals surface area contributed by atoms with Crippen LogP contribution in [0.25, 0.3) is 0 Å². The Morgan fingerprint density at radius 3 is 2.69 bits per heavy atom. The lowest BCUT2D eigenvalue weighted by molar-refractivity contribution is 0.559. The zero-order valence-electron chi connectivity index (χ0n) is 7.88. The monoisotopic (exact) mass is 259 g/mol.